The quantitative estimate of drug-likeness (QED) is 0.798. The second-order valence-electron chi connectivity index (χ2n) is 6.76. The molecule has 2 aliphatic rings. The molecule has 0 bridgehead atoms. The molecule has 3 unspecified atom stereocenters. The first kappa shape index (κ1) is 18.7. The smallest absolute Gasteiger partial charge is 0.247 e. The van der Waals surface area contributed by atoms with Gasteiger partial charge in [0, 0.05) is 0 Å². The lowest BCUT2D eigenvalue weighted by atomic mass is 9.81. The number of benzene rings is 1. The predicted molar refractivity (Wildman–Crippen MR) is 98.0 cm³/mol. The summed E-state index contributed by atoms with van der Waals surface area (Å²) >= 11 is 6.13. The van der Waals surface area contributed by atoms with Gasteiger partial charge in [-0.1, -0.05) is 30.5 Å². The van der Waals surface area contributed by atoms with Gasteiger partial charge in [-0.05, 0) is 38.8 Å². The lowest BCUT2D eigenvalue weighted by molar-refractivity contribution is -0.146. The molecule has 140 valence electrons. The number of ether oxygens (including phenoxy) is 1. The number of carbonyl (C=O) groups excluding carboxylic acids is 3. The first-order valence-electron chi connectivity index (χ1n) is 9.04. The first-order chi connectivity index (χ1) is 12.5. The van der Waals surface area contributed by atoms with Crippen molar-refractivity contribution in [2.24, 2.45) is 11.8 Å². The van der Waals surface area contributed by atoms with E-state index in [4.69, 9.17) is 16.3 Å². The molecule has 26 heavy (non-hydrogen) atoms. The molecule has 0 spiro atoms. The van der Waals surface area contributed by atoms with E-state index in [9.17, 15) is 14.4 Å². The fraction of sp³-hybridized carbons (Fsp3) is 0.526. The molecule has 3 amide bonds. The van der Waals surface area contributed by atoms with E-state index in [2.05, 4.69) is 5.32 Å². The number of para-hydroxylation sites is 1. The maximum atomic E-state index is 12.7. The fourth-order valence-corrected chi connectivity index (χ4v) is 4.05. The van der Waals surface area contributed by atoms with Gasteiger partial charge in [0.05, 0.1) is 29.2 Å². The van der Waals surface area contributed by atoms with Gasteiger partial charge < -0.3 is 10.1 Å². The van der Waals surface area contributed by atoms with E-state index in [1.54, 1.807) is 25.1 Å². The predicted octanol–water partition coefficient (Wildman–Crippen LogP) is 3.24. The molecule has 7 heteroatoms. The molecule has 1 aliphatic heterocycles. The van der Waals surface area contributed by atoms with E-state index in [1.807, 2.05) is 6.92 Å². The number of fused-ring (bicyclic) bond motifs is 1. The third-order valence-electron chi connectivity index (χ3n) is 5.16. The molecule has 3 atom stereocenters. The number of amides is 3. The summed E-state index contributed by atoms with van der Waals surface area (Å²) in [6.45, 7) is 3.79. The van der Waals surface area contributed by atoms with Crippen LogP contribution in [-0.4, -0.2) is 35.3 Å². The number of likely N-dealkylation sites (tertiary alicyclic amines) is 1. The van der Waals surface area contributed by atoms with E-state index in [-0.39, 0.29) is 23.7 Å². The van der Waals surface area contributed by atoms with Crippen LogP contribution in [0.5, 0.6) is 5.75 Å². The van der Waals surface area contributed by atoms with Crippen molar-refractivity contribution in [2.45, 2.75) is 45.6 Å². The van der Waals surface area contributed by atoms with Crippen LogP contribution in [-0.2, 0) is 14.4 Å². The Bertz CT molecular complexity index is 712. The monoisotopic (exact) mass is 378 g/mol. The van der Waals surface area contributed by atoms with E-state index in [0.29, 0.717) is 23.1 Å². The molecule has 1 aliphatic carbocycles. The molecule has 1 saturated heterocycles. The average Bonchev–Trinajstić information content (AvgIpc) is 2.88. The van der Waals surface area contributed by atoms with Gasteiger partial charge in [0.25, 0.3) is 0 Å². The number of hydrogen-bond acceptors (Lipinski definition) is 4. The highest BCUT2D eigenvalue weighted by molar-refractivity contribution is 6.32. The maximum Gasteiger partial charge on any atom is 0.247 e. The Morgan fingerprint density at radius 2 is 1.88 bits per heavy atom. The lowest BCUT2D eigenvalue weighted by Gasteiger charge is -2.23. The van der Waals surface area contributed by atoms with E-state index < -0.39 is 11.9 Å². The second-order valence-corrected chi connectivity index (χ2v) is 7.17. The Hall–Kier alpha value is -2.08. The summed E-state index contributed by atoms with van der Waals surface area (Å²) in [5.41, 5.74) is 0.424. The van der Waals surface area contributed by atoms with Crippen LogP contribution in [0.3, 0.4) is 0 Å². The van der Waals surface area contributed by atoms with Crippen molar-refractivity contribution in [3.8, 4) is 5.75 Å². The molecule has 1 N–H and O–H groups in total. The molecular formula is C19H23ClN2O4. The SMILES string of the molecule is CCOc1c(Cl)cccc1NC(=O)C(C)N1C(=O)C2CCCCC2C1=O. The fourth-order valence-electron chi connectivity index (χ4n) is 3.82. The van der Waals surface area contributed by atoms with E-state index >= 15 is 0 Å². The Kier molecular flexibility index (Phi) is 5.51. The zero-order valence-corrected chi connectivity index (χ0v) is 15.7. The van der Waals surface area contributed by atoms with Crippen molar-refractivity contribution in [3.63, 3.8) is 0 Å². The summed E-state index contributed by atoms with van der Waals surface area (Å²) < 4.78 is 5.50. The standard InChI is InChI=1S/C19H23ClN2O4/c1-3-26-16-14(20)9-6-10-15(16)21-17(23)11(2)22-18(24)12-7-4-5-8-13(12)19(22)25/h6,9-13H,3-5,7-8H2,1-2H3,(H,21,23). The van der Waals surface area contributed by atoms with Gasteiger partial charge in [-0.25, -0.2) is 0 Å². The van der Waals surface area contributed by atoms with Gasteiger partial charge in [-0.2, -0.15) is 0 Å². The van der Waals surface area contributed by atoms with Crippen molar-refractivity contribution in [1.82, 2.24) is 4.90 Å². The van der Waals surface area contributed by atoms with Gasteiger partial charge in [0.15, 0.2) is 5.75 Å². The highest BCUT2D eigenvalue weighted by atomic mass is 35.5. The highest BCUT2D eigenvalue weighted by Gasteiger charge is 2.50. The van der Waals surface area contributed by atoms with Gasteiger partial charge in [0.2, 0.25) is 17.7 Å². The minimum absolute atomic E-state index is 0.224. The van der Waals surface area contributed by atoms with Crippen molar-refractivity contribution < 1.29 is 19.1 Å². The summed E-state index contributed by atoms with van der Waals surface area (Å²) in [5, 5.41) is 3.13. The third kappa shape index (κ3) is 3.30. The largest absolute Gasteiger partial charge is 0.490 e. The van der Waals surface area contributed by atoms with Crippen LogP contribution in [0.1, 0.15) is 39.5 Å². The third-order valence-corrected chi connectivity index (χ3v) is 5.45. The van der Waals surface area contributed by atoms with Crippen molar-refractivity contribution >= 4 is 35.0 Å². The molecule has 6 nitrogen and oxygen atoms in total. The van der Waals surface area contributed by atoms with Crippen LogP contribution in [0.25, 0.3) is 0 Å². The summed E-state index contributed by atoms with van der Waals surface area (Å²) in [5.74, 6) is -1.04. The number of nitrogens with one attached hydrogen (secondary N) is 1. The normalized spacial score (nSPS) is 23.6. The van der Waals surface area contributed by atoms with Gasteiger partial charge in [0.1, 0.15) is 6.04 Å². The molecular weight excluding hydrogens is 356 g/mol. The zero-order chi connectivity index (χ0) is 18.8. The molecule has 1 aromatic rings. The molecule has 3 rings (SSSR count). The second kappa shape index (κ2) is 7.66. The van der Waals surface area contributed by atoms with Crippen LogP contribution < -0.4 is 10.1 Å². The Balaban J connectivity index is 1.77. The summed E-state index contributed by atoms with van der Waals surface area (Å²) in [7, 11) is 0. The Morgan fingerprint density at radius 1 is 1.27 bits per heavy atom. The Labute approximate surface area is 157 Å². The molecule has 2 fully saturated rings. The number of rotatable bonds is 5. The molecule has 1 heterocycles. The number of hydrogen-bond donors (Lipinski definition) is 1. The minimum atomic E-state index is -0.881. The molecule has 1 aromatic carbocycles. The average molecular weight is 379 g/mol. The molecule has 0 aromatic heterocycles. The summed E-state index contributed by atoms with van der Waals surface area (Å²) in [6.07, 6.45) is 3.36. The van der Waals surface area contributed by atoms with Crippen molar-refractivity contribution in [2.75, 3.05) is 11.9 Å². The Morgan fingerprint density at radius 3 is 2.46 bits per heavy atom. The number of nitrogens with zero attached hydrogens (tertiary/aromatic N) is 1. The number of carbonyl (C=O) groups is 3. The number of anilines is 1. The maximum absolute atomic E-state index is 12.7. The van der Waals surface area contributed by atoms with Crippen molar-refractivity contribution in [1.29, 1.82) is 0 Å². The van der Waals surface area contributed by atoms with Crippen LogP contribution in [0.15, 0.2) is 18.2 Å². The van der Waals surface area contributed by atoms with Gasteiger partial charge >= 0.3 is 0 Å². The summed E-state index contributed by atoms with van der Waals surface area (Å²) in [4.78, 5) is 39.2. The topological polar surface area (TPSA) is 75.7 Å². The first-order valence-corrected chi connectivity index (χ1v) is 9.42. The highest BCUT2D eigenvalue weighted by Crippen LogP contribution is 2.39. The van der Waals surface area contributed by atoms with Crippen LogP contribution >= 0.6 is 11.6 Å². The van der Waals surface area contributed by atoms with Crippen molar-refractivity contribution in [3.05, 3.63) is 23.2 Å². The lowest BCUT2D eigenvalue weighted by Crippen LogP contribution is -2.46. The molecule has 0 radical (unpaired) electrons. The van der Waals surface area contributed by atoms with Crippen LogP contribution in [0, 0.1) is 11.8 Å². The zero-order valence-electron chi connectivity index (χ0n) is 15.0. The number of imide groups is 1. The summed E-state index contributed by atoms with van der Waals surface area (Å²) in [6, 6.07) is 4.17. The van der Waals surface area contributed by atoms with Crippen LogP contribution in [0.4, 0.5) is 5.69 Å². The minimum Gasteiger partial charge on any atom is -0.490 e. The van der Waals surface area contributed by atoms with E-state index in [1.165, 1.54) is 0 Å². The number of halogens is 1. The molecule has 1 saturated carbocycles. The van der Waals surface area contributed by atoms with E-state index in [0.717, 1.165) is 30.6 Å². The van der Waals surface area contributed by atoms with Crippen LogP contribution in [0.2, 0.25) is 5.02 Å². The van der Waals surface area contributed by atoms with Gasteiger partial charge in [-0.15, -0.1) is 0 Å². The van der Waals surface area contributed by atoms with Gasteiger partial charge in [-0.3, -0.25) is 19.3 Å².